The van der Waals surface area contributed by atoms with Crippen LogP contribution in [-0.2, 0) is 9.53 Å². The normalized spacial score (nSPS) is 15.0. The average molecular weight is 301 g/mol. The third-order valence-corrected chi connectivity index (χ3v) is 3.11. The number of nitrogens with one attached hydrogen (secondary N) is 1. The second-order valence-corrected chi connectivity index (χ2v) is 4.64. The quantitative estimate of drug-likeness (QED) is 0.637. The zero-order chi connectivity index (χ0) is 15.9. The molecular formula is C15H15N3O4. The number of rotatable bonds is 4. The van der Waals surface area contributed by atoms with Gasteiger partial charge in [-0.2, -0.15) is 5.26 Å². The van der Waals surface area contributed by atoms with Crippen molar-refractivity contribution in [3.8, 4) is 6.07 Å². The molecule has 0 radical (unpaired) electrons. The van der Waals surface area contributed by atoms with Crippen molar-refractivity contribution in [2.45, 2.75) is 0 Å². The van der Waals surface area contributed by atoms with E-state index in [0.29, 0.717) is 32.0 Å². The topological polar surface area (TPSA) is 103 Å². The second kappa shape index (κ2) is 7.24. The number of carbonyl (C=O) groups is 2. The summed E-state index contributed by atoms with van der Waals surface area (Å²) in [7, 11) is 0. The Balaban J connectivity index is 2.04. The third kappa shape index (κ3) is 4.07. The van der Waals surface area contributed by atoms with Crippen molar-refractivity contribution in [2.24, 2.45) is 0 Å². The molecule has 114 valence electrons. The molecule has 1 aromatic carbocycles. The van der Waals surface area contributed by atoms with Crippen LogP contribution in [0.5, 0.6) is 0 Å². The van der Waals surface area contributed by atoms with Crippen LogP contribution in [0.3, 0.4) is 0 Å². The number of morpholine rings is 1. The van der Waals surface area contributed by atoms with Crippen LogP contribution in [0.1, 0.15) is 10.4 Å². The van der Waals surface area contributed by atoms with E-state index >= 15 is 0 Å². The first-order valence-electron chi connectivity index (χ1n) is 6.68. The Morgan fingerprint density at radius 3 is 2.45 bits per heavy atom. The number of anilines is 1. The number of hydrogen-bond donors (Lipinski definition) is 2. The predicted octanol–water partition coefficient (Wildman–Crippen LogP) is 1.06. The molecule has 1 saturated heterocycles. The molecule has 0 unspecified atom stereocenters. The standard InChI is InChI=1S/C15H15N3O4/c16-9-12(10-18-5-7-22-8-6-18)14(19)17-13-3-1-11(2-4-13)15(20)21/h1-4,10H,5-8H2,(H,17,19)(H,20,21)/b12-10-. The van der Waals surface area contributed by atoms with Gasteiger partial charge in [0.2, 0.25) is 0 Å². The molecule has 1 aliphatic heterocycles. The maximum absolute atomic E-state index is 12.1. The Morgan fingerprint density at radius 1 is 1.27 bits per heavy atom. The van der Waals surface area contributed by atoms with Crippen molar-refractivity contribution in [2.75, 3.05) is 31.6 Å². The molecule has 22 heavy (non-hydrogen) atoms. The minimum Gasteiger partial charge on any atom is -0.478 e. The highest BCUT2D eigenvalue weighted by molar-refractivity contribution is 6.06. The van der Waals surface area contributed by atoms with Crippen LogP contribution in [0, 0.1) is 11.3 Å². The molecule has 1 aromatic rings. The van der Waals surface area contributed by atoms with E-state index < -0.39 is 11.9 Å². The molecule has 0 spiro atoms. The number of ether oxygens (including phenoxy) is 1. The first-order valence-corrected chi connectivity index (χ1v) is 6.68. The van der Waals surface area contributed by atoms with Gasteiger partial charge in [-0.05, 0) is 24.3 Å². The molecule has 2 N–H and O–H groups in total. The molecule has 1 heterocycles. The van der Waals surface area contributed by atoms with Gasteiger partial charge in [0.1, 0.15) is 11.6 Å². The largest absolute Gasteiger partial charge is 0.478 e. The number of aromatic carboxylic acids is 1. The minimum absolute atomic E-state index is 0.00999. The van der Waals surface area contributed by atoms with Crippen molar-refractivity contribution in [3.05, 3.63) is 41.6 Å². The Bertz CT molecular complexity index is 625. The highest BCUT2D eigenvalue weighted by atomic mass is 16.5. The number of carboxylic acid groups (broad SMARTS) is 1. The molecule has 7 nitrogen and oxygen atoms in total. The van der Waals surface area contributed by atoms with Gasteiger partial charge in [-0.3, -0.25) is 4.79 Å². The molecule has 0 atom stereocenters. The fourth-order valence-electron chi connectivity index (χ4n) is 1.92. The molecular weight excluding hydrogens is 286 g/mol. The van der Waals surface area contributed by atoms with Gasteiger partial charge in [-0.25, -0.2) is 4.79 Å². The van der Waals surface area contributed by atoms with Crippen molar-refractivity contribution in [1.29, 1.82) is 5.26 Å². The number of nitriles is 1. The Morgan fingerprint density at radius 2 is 1.91 bits per heavy atom. The van der Waals surface area contributed by atoms with E-state index in [9.17, 15) is 9.59 Å². The summed E-state index contributed by atoms with van der Waals surface area (Å²) < 4.78 is 5.20. The Labute approximate surface area is 127 Å². The van der Waals surface area contributed by atoms with Gasteiger partial charge >= 0.3 is 5.97 Å². The van der Waals surface area contributed by atoms with Crippen molar-refractivity contribution >= 4 is 17.6 Å². The zero-order valence-electron chi connectivity index (χ0n) is 11.8. The lowest BCUT2D eigenvalue weighted by atomic mass is 10.2. The van der Waals surface area contributed by atoms with E-state index in [0.717, 1.165) is 0 Å². The summed E-state index contributed by atoms with van der Waals surface area (Å²) >= 11 is 0. The van der Waals surface area contributed by atoms with Gasteiger partial charge in [0.05, 0.1) is 18.8 Å². The first kappa shape index (κ1) is 15.5. The van der Waals surface area contributed by atoms with Crippen LogP contribution in [0.4, 0.5) is 5.69 Å². The number of hydrogen-bond acceptors (Lipinski definition) is 5. The first-order chi connectivity index (χ1) is 10.6. The van der Waals surface area contributed by atoms with Crippen molar-refractivity contribution in [3.63, 3.8) is 0 Å². The molecule has 0 saturated carbocycles. The van der Waals surface area contributed by atoms with Crippen LogP contribution < -0.4 is 5.32 Å². The van der Waals surface area contributed by atoms with Crippen molar-refractivity contribution < 1.29 is 19.4 Å². The van der Waals surface area contributed by atoms with E-state index in [1.54, 1.807) is 0 Å². The smallest absolute Gasteiger partial charge is 0.335 e. The van der Waals surface area contributed by atoms with Crippen molar-refractivity contribution in [1.82, 2.24) is 4.90 Å². The Hall–Kier alpha value is -2.85. The lowest BCUT2D eigenvalue weighted by Crippen LogP contribution is -2.33. The number of carbonyl (C=O) groups excluding carboxylic acids is 1. The van der Waals surface area contributed by atoms with Crippen LogP contribution in [0.15, 0.2) is 36.0 Å². The van der Waals surface area contributed by atoms with Gasteiger partial charge in [-0.15, -0.1) is 0 Å². The molecule has 2 rings (SSSR count). The van der Waals surface area contributed by atoms with Crippen LogP contribution in [-0.4, -0.2) is 48.2 Å². The fourth-order valence-corrected chi connectivity index (χ4v) is 1.92. The van der Waals surface area contributed by atoms with E-state index in [-0.39, 0.29) is 11.1 Å². The van der Waals surface area contributed by atoms with Gasteiger partial charge < -0.3 is 20.1 Å². The molecule has 0 bridgehead atoms. The lowest BCUT2D eigenvalue weighted by Gasteiger charge is -2.25. The molecule has 1 aliphatic rings. The highest BCUT2D eigenvalue weighted by Crippen LogP contribution is 2.11. The summed E-state index contributed by atoms with van der Waals surface area (Å²) in [6.07, 6.45) is 1.52. The van der Waals surface area contributed by atoms with Gasteiger partial charge in [0.15, 0.2) is 0 Å². The summed E-state index contributed by atoms with van der Waals surface area (Å²) in [4.78, 5) is 24.7. The maximum atomic E-state index is 12.1. The minimum atomic E-state index is -1.04. The van der Waals surface area contributed by atoms with E-state index in [4.69, 9.17) is 15.1 Å². The highest BCUT2D eigenvalue weighted by Gasteiger charge is 2.14. The molecule has 1 amide bonds. The fraction of sp³-hybridized carbons (Fsp3) is 0.267. The van der Waals surface area contributed by atoms with E-state index in [2.05, 4.69) is 5.32 Å². The Kier molecular flexibility index (Phi) is 5.11. The molecule has 0 aromatic heterocycles. The number of carboxylic acids is 1. The summed E-state index contributed by atoms with van der Waals surface area (Å²) in [5.74, 6) is -1.57. The van der Waals surface area contributed by atoms with E-state index in [1.807, 2.05) is 11.0 Å². The summed E-state index contributed by atoms with van der Waals surface area (Å²) in [5, 5.41) is 20.5. The molecule has 0 aliphatic carbocycles. The predicted molar refractivity (Wildman–Crippen MR) is 78.1 cm³/mol. The average Bonchev–Trinajstić information content (AvgIpc) is 2.54. The zero-order valence-corrected chi connectivity index (χ0v) is 11.8. The number of nitrogens with zero attached hydrogens (tertiary/aromatic N) is 2. The number of amides is 1. The summed E-state index contributed by atoms with van der Waals surface area (Å²) in [5.41, 5.74) is 0.546. The van der Waals surface area contributed by atoms with Gasteiger partial charge in [0, 0.05) is 25.0 Å². The van der Waals surface area contributed by atoms with Gasteiger partial charge in [0.25, 0.3) is 5.91 Å². The van der Waals surface area contributed by atoms with E-state index in [1.165, 1.54) is 30.5 Å². The molecule has 1 fully saturated rings. The maximum Gasteiger partial charge on any atom is 0.335 e. The lowest BCUT2D eigenvalue weighted by molar-refractivity contribution is -0.112. The van der Waals surface area contributed by atoms with Crippen LogP contribution in [0.25, 0.3) is 0 Å². The summed E-state index contributed by atoms with van der Waals surface area (Å²) in [6, 6.07) is 7.60. The third-order valence-electron chi connectivity index (χ3n) is 3.11. The summed E-state index contributed by atoms with van der Waals surface area (Å²) in [6.45, 7) is 2.39. The van der Waals surface area contributed by atoms with Crippen LogP contribution >= 0.6 is 0 Å². The second-order valence-electron chi connectivity index (χ2n) is 4.64. The SMILES string of the molecule is N#C/C(=C/N1CCOCC1)C(=O)Nc1ccc(C(=O)O)cc1. The van der Waals surface area contributed by atoms with Gasteiger partial charge in [-0.1, -0.05) is 0 Å². The monoisotopic (exact) mass is 301 g/mol. The van der Waals surface area contributed by atoms with Crippen LogP contribution in [0.2, 0.25) is 0 Å². The molecule has 7 heteroatoms. The number of benzene rings is 1.